The molecule has 98 valence electrons. The number of aromatic nitrogens is 2. The Balaban J connectivity index is 2.84. The molecule has 1 heterocycles. The fourth-order valence-corrected chi connectivity index (χ4v) is 2.35. The Kier molecular flexibility index (Phi) is 5.18. The highest BCUT2D eigenvalue weighted by Crippen LogP contribution is 2.30. The normalized spacial score (nSPS) is 12.2. The fraction of sp³-hybridized carbons (Fsp3) is 0.778. The summed E-state index contributed by atoms with van der Waals surface area (Å²) in [4.78, 5) is 5.38. The van der Waals surface area contributed by atoms with E-state index in [-0.39, 0.29) is 6.04 Å². The molecule has 0 atom stereocenters. The summed E-state index contributed by atoms with van der Waals surface area (Å²) in [6.45, 7) is 4.50. The minimum atomic E-state index is -4.47. The maximum atomic E-state index is 12.4. The van der Waals surface area contributed by atoms with Crippen LogP contribution in [0.3, 0.4) is 0 Å². The van der Waals surface area contributed by atoms with E-state index in [0.717, 1.165) is 23.3 Å². The van der Waals surface area contributed by atoms with E-state index >= 15 is 0 Å². The zero-order valence-electron chi connectivity index (χ0n) is 9.46. The van der Waals surface area contributed by atoms with Crippen molar-refractivity contribution >= 4 is 32.6 Å². The minimum absolute atomic E-state index is 0.100. The largest absolute Gasteiger partial charge is 0.452 e. The van der Waals surface area contributed by atoms with Gasteiger partial charge in [0.15, 0.2) is 0 Å². The Hall–Kier alpha value is -0.370. The monoisotopic (exact) mass is 331 g/mol. The maximum Gasteiger partial charge on any atom is 0.452 e. The summed E-state index contributed by atoms with van der Waals surface area (Å²) in [7, 11) is 0. The molecule has 0 radical (unpaired) electrons. The molecular formula is C9H13BrF3N3S. The molecule has 0 amide bonds. The van der Waals surface area contributed by atoms with Crippen LogP contribution in [0.5, 0.6) is 0 Å². The standard InChI is InChI=1S/C9H13BrF3N3S/c1-6(2)16(5-3-4-10)8-14-7(15-17-8)9(11,12)13/h6H,3-5H2,1-2H3. The summed E-state index contributed by atoms with van der Waals surface area (Å²) in [5.41, 5.74) is 0. The third-order valence-corrected chi connectivity index (χ3v) is 3.38. The van der Waals surface area contributed by atoms with Crippen molar-refractivity contribution in [2.75, 3.05) is 16.8 Å². The van der Waals surface area contributed by atoms with Crippen LogP contribution in [-0.4, -0.2) is 27.3 Å². The zero-order valence-corrected chi connectivity index (χ0v) is 11.9. The Morgan fingerprint density at radius 3 is 2.47 bits per heavy atom. The molecular weight excluding hydrogens is 319 g/mol. The second kappa shape index (κ2) is 5.99. The SMILES string of the molecule is CC(C)N(CCCBr)c1nc(C(F)(F)F)ns1. The lowest BCUT2D eigenvalue weighted by Crippen LogP contribution is -2.32. The van der Waals surface area contributed by atoms with Gasteiger partial charge in [-0.05, 0) is 20.3 Å². The van der Waals surface area contributed by atoms with E-state index in [0.29, 0.717) is 11.7 Å². The van der Waals surface area contributed by atoms with Crippen molar-refractivity contribution in [2.45, 2.75) is 32.5 Å². The first-order valence-corrected chi connectivity index (χ1v) is 6.99. The molecule has 1 rings (SSSR count). The third kappa shape index (κ3) is 4.09. The van der Waals surface area contributed by atoms with Gasteiger partial charge in [-0.25, -0.2) is 0 Å². The molecule has 8 heteroatoms. The minimum Gasteiger partial charge on any atom is -0.344 e. The smallest absolute Gasteiger partial charge is 0.344 e. The van der Waals surface area contributed by atoms with Crippen LogP contribution in [-0.2, 0) is 6.18 Å². The molecule has 0 N–H and O–H groups in total. The van der Waals surface area contributed by atoms with Gasteiger partial charge >= 0.3 is 6.18 Å². The van der Waals surface area contributed by atoms with Gasteiger partial charge in [-0.3, -0.25) is 0 Å². The summed E-state index contributed by atoms with van der Waals surface area (Å²) in [6.07, 6.45) is -3.62. The average Bonchev–Trinajstić information content (AvgIpc) is 2.66. The van der Waals surface area contributed by atoms with Gasteiger partial charge in [-0.15, -0.1) is 0 Å². The molecule has 3 nitrogen and oxygen atoms in total. The number of nitrogens with zero attached hydrogens (tertiary/aromatic N) is 3. The Morgan fingerprint density at radius 1 is 1.41 bits per heavy atom. The first-order chi connectivity index (χ1) is 7.86. The predicted octanol–water partition coefficient (Wildman–Crippen LogP) is 3.56. The first-order valence-electron chi connectivity index (χ1n) is 5.09. The average molecular weight is 332 g/mol. The van der Waals surface area contributed by atoms with Crippen LogP contribution in [0.25, 0.3) is 0 Å². The van der Waals surface area contributed by atoms with E-state index < -0.39 is 12.0 Å². The Bertz CT molecular complexity index is 354. The van der Waals surface area contributed by atoms with E-state index in [1.165, 1.54) is 0 Å². The van der Waals surface area contributed by atoms with Gasteiger partial charge in [0.1, 0.15) is 0 Å². The van der Waals surface area contributed by atoms with Gasteiger partial charge in [0.25, 0.3) is 0 Å². The second-order valence-electron chi connectivity index (χ2n) is 3.73. The molecule has 17 heavy (non-hydrogen) atoms. The maximum absolute atomic E-state index is 12.4. The quantitative estimate of drug-likeness (QED) is 0.772. The topological polar surface area (TPSA) is 29.0 Å². The van der Waals surface area contributed by atoms with Crippen molar-refractivity contribution in [1.82, 2.24) is 9.36 Å². The van der Waals surface area contributed by atoms with Crippen molar-refractivity contribution in [3.8, 4) is 0 Å². The van der Waals surface area contributed by atoms with Crippen molar-refractivity contribution in [2.24, 2.45) is 0 Å². The molecule has 0 saturated carbocycles. The van der Waals surface area contributed by atoms with Gasteiger partial charge in [0.05, 0.1) is 0 Å². The van der Waals surface area contributed by atoms with Crippen LogP contribution >= 0.6 is 27.5 Å². The number of hydrogen-bond acceptors (Lipinski definition) is 4. The fourth-order valence-electron chi connectivity index (χ4n) is 1.25. The summed E-state index contributed by atoms with van der Waals surface area (Å²) < 4.78 is 40.5. The molecule has 0 saturated heterocycles. The highest BCUT2D eigenvalue weighted by molar-refractivity contribution is 9.09. The van der Waals surface area contributed by atoms with Crippen LogP contribution < -0.4 is 4.90 Å². The highest BCUT2D eigenvalue weighted by atomic mass is 79.9. The molecule has 0 bridgehead atoms. The number of hydrogen-bond donors (Lipinski definition) is 0. The van der Waals surface area contributed by atoms with Crippen LogP contribution in [0.15, 0.2) is 0 Å². The van der Waals surface area contributed by atoms with Gasteiger partial charge in [0, 0.05) is 29.4 Å². The molecule has 0 aliphatic rings. The van der Waals surface area contributed by atoms with Crippen LogP contribution in [0.4, 0.5) is 18.3 Å². The van der Waals surface area contributed by atoms with Crippen LogP contribution in [0, 0.1) is 0 Å². The highest BCUT2D eigenvalue weighted by Gasteiger charge is 2.36. The zero-order chi connectivity index (χ0) is 13.1. The van der Waals surface area contributed by atoms with Crippen molar-refractivity contribution in [1.29, 1.82) is 0 Å². The summed E-state index contributed by atoms with van der Waals surface area (Å²) in [6, 6.07) is 0.100. The van der Waals surface area contributed by atoms with E-state index in [9.17, 15) is 13.2 Å². The van der Waals surface area contributed by atoms with E-state index in [1.54, 1.807) is 0 Å². The third-order valence-electron chi connectivity index (χ3n) is 2.07. The predicted molar refractivity (Wildman–Crippen MR) is 65.8 cm³/mol. The number of rotatable bonds is 5. The number of anilines is 1. The Labute approximate surface area is 110 Å². The molecule has 0 fully saturated rings. The number of halogens is 4. The molecule has 0 aliphatic carbocycles. The van der Waals surface area contributed by atoms with Crippen molar-refractivity contribution in [3.63, 3.8) is 0 Å². The molecule has 0 unspecified atom stereocenters. The lowest BCUT2D eigenvalue weighted by molar-refractivity contribution is -0.144. The first kappa shape index (κ1) is 14.7. The van der Waals surface area contributed by atoms with Crippen LogP contribution in [0.2, 0.25) is 0 Å². The molecule has 0 aromatic carbocycles. The number of alkyl halides is 4. The van der Waals surface area contributed by atoms with E-state index in [4.69, 9.17) is 0 Å². The van der Waals surface area contributed by atoms with E-state index in [2.05, 4.69) is 25.3 Å². The summed E-state index contributed by atoms with van der Waals surface area (Å²) in [5, 5.41) is 1.13. The second-order valence-corrected chi connectivity index (χ2v) is 5.25. The summed E-state index contributed by atoms with van der Waals surface area (Å²) >= 11 is 4.09. The van der Waals surface area contributed by atoms with Crippen molar-refractivity contribution < 1.29 is 13.2 Å². The van der Waals surface area contributed by atoms with Gasteiger partial charge in [-0.1, -0.05) is 15.9 Å². The molecule has 0 spiro atoms. The van der Waals surface area contributed by atoms with Gasteiger partial charge < -0.3 is 4.90 Å². The van der Waals surface area contributed by atoms with E-state index in [1.807, 2.05) is 18.7 Å². The van der Waals surface area contributed by atoms with Crippen molar-refractivity contribution in [3.05, 3.63) is 5.82 Å². The lowest BCUT2D eigenvalue weighted by atomic mass is 10.3. The summed E-state index contributed by atoms with van der Waals surface area (Å²) in [5.74, 6) is -1.05. The Morgan fingerprint density at radius 2 is 2.06 bits per heavy atom. The lowest BCUT2D eigenvalue weighted by Gasteiger charge is -2.25. The molecule has 1 aromatic heterocycles. The van der Waals surface area contributed by atoms with Gasteiger partial charge in [0.2, 0.25) is 11.0 Å². The van der Waals surface area contributed by atoms with Crippen LogP contribution in [0.1, 0.15) is 26.1 Å². The van der Waals surface area contributed by atoms with Gasteiger partial charge in [-0.2, -0.15) is 22.5 Å². The molecule has 1 aromatic rings. The molecule has 0 aliphatic heterocycles.